The van der Waals surface area contributed by atoms with E-state index in [0.717, 1.165) is 25.9 Å². The topological polar surface area (TPSA) is 81.7 Å². The van der Waals surface area contributed by atoms with E-state index in [1.807, 2.05) is 0 Å². The summed E-state index contributed by atoms with van der Waals surface area (Å²) in [6.07, 6.45) is 4.54. The Balaban J connectivity index is 1.82. The maximum Gasteiger partial charge on any atom is 0.325 e. The van der Waals surface area contributed by atoms with E-state index in [-0.39, 0.29) is 12.1 Å². The number of piperidine rings is 1. The van der Waals surface area contributed by atoms with E-state index in [4.69, 9.17) is 5.11 Å². The van der Waals surface area contributed by atoms with Gasteiger partial charge < -0.3 is 15.7 Å². The van der Waals surface area contributed by atoms with Crippen molar-refractivity contribution in [1.29, 1.82) is 0 Å². The number of hydrogen-bond donors (Lipinski definition) is 3. The molecule has 0 bridgehead atoms. The number of amides is 2. The highest BCUT2D eigenvalue weighted by Crippen LogP contribution is 2.26. The van der Waals surface area contributed by atoms with Crippen LogP contribution < -0.4 is 10.6 Å². The Hall–Kier alpha value is -1.30. The SMILES string of the molecule is C[C@@H](NC(=O)NC1CCN2CCCCC12)C(=O)O. The number of carboxylic acid groups (broad SMARTS) is 1. The van der Waals surface area contributed by atoms with Crippen molar-refractivity contribution in [2.75, 3.05) is 13.1 Å². The lowest BCUT2D eigenvalue weighted by Gasteiger charge is -2.32. The zero-order chi connectivity index (χ0) is 13.1. The van der Waals surface area contributed by atoms with Crippen molar-refractivity contribution < 1.29 is 14.7 Å². The predicted octanol–water partition coefficient (Wildman–Crippen LogP) is 0.386. The first-order valence-corrected chi connectivity index (χ1v) is 6.62. The number of nitrogens with zero attached hydrogens (tertiary/aromatic N) is 1. The number of carbonyl (C=O) groups is 2. The second kappa shape index (κ2) is 5.56. The third kappa shape index (κ3) is 2.93. The van der Waals surface area contributed by atoms with Gasteiger partial charge in [-0.3, -0.25) is 9.69 Å². The number of hydrogen-bond acceptors (Lipinski definition) is 3. The molecule has 0 aromatic carbocycles. The molecule has 2 rings (SSSR count). The van der Waals surface area contributed by atoms with Crippen LogP contribution in [0.5, 0.6) is 0 Å². The monoisotopic (exact) mass is 255 g/mol. The quantitative estimate of drug-likeness (QED) is 0.681. The van der Waals surface area contributed by atoms with Crippen LogP contribution in [0.2, 0.25) is 0 Å². The molecule has 2 aliphatic heterocycles. The molecule has 2 aliphatic rings. The number of carboxylic acids is 1. The molecule has 0 aliphatic carbocycles. The van der Waals surface area contributed by atoms with Crippen LogP contribution in [0.25, 0.3) is 0 Å². The standard InChI is InChI=1S/C12H21N3O3/c1-8(11(16)17)13-12(18)14-9-5-7-15-6-3-2-4-10(9)15/h8-10H,2-7H2,1H3,(H,16,17)(H2,13,14,18)/t8-,9?,10?/m1/s1. The molecule has 18 heavy (non-hydrogen) atoms. The summed E-state index contributed by atoms with van der Waals surface area (Å²) >= 11 is 0. The lowest BCUT2D eigenvalue weighted by Crippen LogP contribution is -2.52. The van der Waals surface area contributed by atoms with E-state index in [2.05, 4.69) is 15.5 Å². The Morgan fingerprint density at radius 3 is 2.78 bits per heavy atom. The molecule has 2 saturated heterocycles. The number of urea groups is 1. The minimum atomic E-state index is -1.02. The molecule has 0 radical (unpaired) electrons. The minimum absolute atomic E-state index is 0.159. The highest BCUT2D eigenvalue weighted by Gasteiger charge is 2.36. The zero-order valence-corrected chi connectivity index (χ0v) is 10.7. The molecule has 2 amide bonds. The van der Waals surface area contributed by atoms with E-state index in [0.29, 0.717) is 6.04 Å². The van der Waals surface area contributed by atoms with Gasteiger partial charge in [-0.15, -0.1) is 0 Å². The Bertz CT molecular complexity index is 335. The van der Waals surface area contributed by atoms with Crippen molar-refractivity contribution in [2.45, 2.75) is 50.7 Å². The van der Waals surface area contributed by atoms with Crippen molar-refractivity contribution in [1.82, 2.24) is 15.5 Å². The van der Waals surface area contributed by atoms with Crippen molar-refractivity contribution in [2.24, 2.45) is 0 Å². The average molecular weight is 255 g/mol. The van der Waals surface area contributed by atoms with Gasteiger partial charge in [0.15, 0.2) is 0 Å². The average Bonchev–Trinajstić information content (AvgIpc) is 2.72. The normalized spacial score (nSPS) is 29.4. The second-order valence-electron chi connectivity index (χ2n) is 5.17. The third-order valence-electron chi connectivity index (χ3n) is 3.89. The highest BCUT2D eigenvalue weighted by molar-refractivity contribution is 5.82. The molecule has 0 aromatic rings. The van der Waals surface area contributed by atoms with Gasteiger partial charge in [-0.05, 0) is 32.7 Å². The summed E-state index contributed by atoms with van der Waals surface area (Å²) in [6.45, 7) is 3.61. The van der Waals surface area contributed by atoms with Gasteiger partial charge in [-0.2, -0.15) is 0 Å². The minimum Gasteiger partial charge on any atom is -0.480 e. The van der Waals surface area contributed by atoms with Gasteiger partial charge in [0, 0.05) is 18.6 Å². The van der Waals surface area contributed by atoms with E-state index in [9.17, 15) is 9.59 Å². The molecular formula is C12H21N3O3. The Kier molecular flexibility index (Phi) is 4.06. The van der Waals surface area contributed by atoms with Crippen molar-refractivity contribution in [3.05, 3.63) is 0 Å². The summed E-state index contributed by atoms with van der Waals surface area (Å²) < 4.78 is 0. The van der Waals surface area contributed by atoms with Gasteiger partial charge in [0.2, 0.25) is 0 Å². The summed E-state index contributed by atoms with van der Waals surface area (Å²) in [5.74, 6) is -1.02. The predicted molar refractivity (Wildman–Crippen MR) is 66.4 cm³/mol. The molecular weight excluding hydrogens is 234 g/mol. The molecule has 3 N–H and O–H groups in total. The largest absolute Gasteiger partial charge is 0.480 e. The first-order chi connectivity index (χ1) is 8.58. The molecule has 102 valence electrons. The van der Waals surface area contributed by atoms with Gasteiger partial charge >= 0.3 is 12.0 Å². The maximum absolute atomic E-state index is 11.7. The molecule has 2 heterocycles. The third-order valence-corrected chi connectivity index (χ3v) is 3.89. The fourth-order valence-corrected chi connectivity index (χ4v) is 2.88. The lowest BCUT2D eigenvalue weighted by atomic mass is 9.99. The van der Waals surface area contributed by atoms with Crippen LogP contribution in [0, 0.1) is 0 Å². The van der Waals surface area contributed by atoms with Crippen LogP contribution in [0.3, 0.4) is 0 Å². The molecule has 2 unspecified atom stereocenters. The Labute approximate surface area is 107 Å². The number of aliphatic carboxylic acids is 1. The second-order valence-corrected chi connectivity index (χ2v) is 5.17. The molecule has 0 spiro atoms. The summed E-state index contributed by atoms with van der Waals surface area (Å²) in [5, 5.41) is 14.1. The summed E-state index contributed by atoms with van der Waals surface area (Å²) in [4.78, 5) is 24.8. The van der Waals surface area contributed by atoms with Crippen molar-refractivity contribution in [3.63, 3.8) is 0 Å². The number of rotatable bonds is 3. The summed E-state index contributed by atoms with van der Waals surface area (Å²) in [7, 11) is 0. The molecule has 3 atom stereocenters. The molecule has 0 aromatic heterocycles. The van der Waals surface area contributed by atoms with Gasteiger partial charge in [0.05, 0.1) is 0 Å². The fourth-order valence-electron chi connectivity index (χ4n) is 2.88. The van der Waals surface area contributed by atoms with E-state index in [1.54, 1.807) is 0 Å². The number of nitrogens with one attached hydrogen (secondary N) is 2. The zero-order valence-electron chi connectivity index (χ0n) is 10.7. The van der Waals surface area contributed by atoms with Crippen LogP contribution in [-0.4, -0.2) is 53.2 Å². The van der Waals surface area contributed by atoms with Crippen LogP contribution in [-0.2, 0) is 4.79 Å². The van der Waals surface area contributed by atoms with E-state index < -0.39 is 12.0 Å². The Morgan fingerprint density at radius 1 is 1.28 bits per heavy atom. The number of fused-ring (bicyclic) bond motifs is 1. The Morgan fingerprint density at radius 2 is 2.06 bits per heavy atom. The van der Waals surface area contributed by atoms with Gasteiger partial charge in [0.1, 0.15) is 6.04 Å². The molecule has 0 saturated carbocycles. The first-order valence-electron chi connectivity index (χ1n) is 6.62. The molecule has 6 heteroatoms. The first kappa shape index (κ1) is 13.1. The maximum atomic E-state index is 11.7. The van der Waals surface area contributed by atoms with Crippen LogP contribution in [0.1, 0.15) is 32.6 Å². The van der Waals surface area contributed by atoms with Crippen molar-refractivity contribution in [3.8, 4) is 0 Å². The number of carbonyl (C=O) groups excluding carboxylic acids is 1. The van der Waals surface area contributed by atoms with Crippen molar-refractivity contribution >= 4 is 12.0 Å². The fraction of sp³-hybridized carbons (Fsp3) is 0.833. The van der Waals surface area contributed by atoms with Crippen LogP contribution in [0.15, 0.2) is 0 Å². The van der Waals surface area contributed by atoms with E-state index >= 15 is 0 Å². The van der Waals surface area contributed by atoms with Gasteiger partial charge in [0.25, 0.3) is 0 Å². The molecule has 6 nitrogen and oxygen atoms in total. The van der Waals surface area contributed by atoms with Crippen LogP contribution in [0.4, 0.5) is 4.79 Å². The summed E-state index contributed by atoms with van der Waals surface area (Å²) in [6, 6.07) is -0.632. The van der Waals surface area contributed by atoms with Gasteiger partial charge in [-0.25, -0.2) is 4.79 Å². The summed E-state index contributed by atoms with van der Waals surface area (Å²) in [5.41, 5.74) is 0. The lowest BCUT2D eigenvalue weighted by molar-refractivity contribution is -0.138. The highest BCUT2D eigenvalue weighted by atomic mass is 16.4. The van der Waals surface area contributed by atoms with Gasteiger partial charge in [-0.1, -0.05) is 6.42 Å². The van der Waals surface area contributed by atoms with E-state index in [1.165, 1.54) is 19.8 Å². The smallest absolute Gasteiger partial charge is 0.325 e. The molecule has 2 fully saturated rings. The van der Waals surface area contributed by atoms with Crippen LogP contribution >= 0.6 is 0 Å².